The Balaban J connectivity index is 2.41. The van der Waals surface area contributed by atoms with E-state index in [-0.39, 0.29) is 5.82 Å². The van der Waals surface area contributed by atoms with Crippen molar-refractivity contribution in [3.63, 3.8) is 0 Å². The van der Waals surface area contributed by atoms with Crippen molar-refractivity contribution in [3.8, 4) is 0 Å². The van der Waals surface area contributed by atoms with Crippen molar-refractivity contribution in [3.05, 3.63) is 65.5 Å². The zero-order chi connectivity index (χ0) is 10.7. The largest absolute Gasteiger partial charge is 0.207 e. The molecule has 15 heavy (non-hydrogen) atoms. The zero-order valence-corrected chi connectivity index (χ0v) is 8.70. The highest BCUT2D eigenvalue weighted by atomic mass is 19.1. The summed E-state index contributed by atoms with van der Waals surface area (Å²) < 4.78 is 12.8. The van der Waals surface area contributed by atoms with E-state index < -0.39 is 0 Å². The first-order chi connectivity index (χ1) is 7.27. The predicted molar refractivity (Wildman–Crippen MR) is 61.9 cm³/mol. The topological polar surface area (TPSA) is 0 Å². The SMILES string of the molecule is CC1=CCC=CC=C1c1ccc(F)cc1. The van der Waals surface area contributed by atoms with Crippen molar-refractivity contribution in [2.75, 3.05) is 0 Å². The van der Waals surface area contributed by atoms with Gasteiger partial charge in [0.05, 0.1) is 0 Å². The van der Waals surface area contributed by atoms with E-state index in [1.807, 2.05) is 18.2 Å². The van der Waals surface area contributed by atoms with Gasteiger partial charge in [-0.15, -0.1) is 0 Å². The van der Waals surface area contributed by atoms with Gasteiger partial charge >= 0.3 is 0 Å². The van der Waals surface area contributed by atoms with Crippen molar-refractivity contribution in [2.45, 2.75) is 13.3 Å². The van der Waals surface area contributed by atoms with E-state index in [0.717, 1.165) is 12.0 Å². The first-order valence-corrected chi connectivity index (χ1v) is 5.07. The quantitative estimate of drug-likeness (QED) is 0.639. The lowest BCUT2D eigenvalue weighted by molar-refractivity contribution is 0.627. The summed E-state index contributed by atoms with van der Waals surface area (Å²) in [5.74, 6) is -0.190. The van der Waals surface area contributed by atoms with Crippen LogP contribution in [0.15, 0.2) is 54.1 Å². The minimum absolute atomic E-state index is 0.190. The van der Waals surface area contributed by atoms with Crippen LogP contribution in [0.3, 0.4) is 0 Å². The van der Waals surface area contributed by atoms with E-state index >= 15 is 0 Å². The van der Waals surface area contributed by atoms with Crippen LogP contribution >= 0.6 is 0 Å². The molecule has 1 aliphatic carbocycles. The summed E-state index contributed by atoms with van der Waals surface area (Å²) >= 11 is 0. The molecule has 0 aromatic heterocycles. The molecule has 0 spiro atoms. The molecular weight excluding hydrogens is 187 g/mol. The molecule has 0 aliphatic heterocycles. The number of hydrogen-bond donors (Lipinski definition) is 0. The molecule has 0 fully saturated rings. The van der Waals surface area contributed by atoms with Crippen LogP contribution in [-0.2, 0) is 0 Å². The van der Waals surface area contributed by atoms with Gasteiger partial charge in [0.25, 0.3) is 0 Å². The highest BCUT2D eigenvalue weighted by Gasteiger charge is 2.04. The maximum Gasteiger partial charge on any atom is 0.123 e. The lowest BCUT2D eigenvalue weighted by Crippen LogP contribution is -1.86. The van der Waals surface area contributed by atoms with E-state index in [1.165, 1.54) is 23.3 Å². The number of rotatable bonds is 1. The van der Waals surface area contributed by atoms with Crippen molar-refractivity contribution < 1.29 is 4.39 Å². The molecule has 0 N–H and O–H groups in total. The third kappa shape index (κ3) is 2.24. The molecular formula is C14H13F. The Morgan fingerprint density at radius 3 is 2.60 bits per heavy atom. The molecule has 0 radical (unpaired) electrons. The lowest BCUT2D eigenvalue weighted by atomic mass is 9.99. The van der Waals surface area contributed by atoms with Gasteiger partial charge in [-0.05, 0) is 42.2 Å². The summed E-state index contributed by atoms with van der Waals surface area (Å²) in [5, 5.41) is 0. The van der Waals surface area contributed by atoms with E-state index in [4.69, 9.17) is 0 Å². The van der Waals surface area contributed by atoms with Crippen LogP contribution in [0.25, 0.3) is 5.57 Å². The fourth-order valence-corrected chi connectivity index (χ4v) is 1.68. The Bertz CT molecular complexity index is 433. The number of benzene rings is 1. The molecule has 2 rings (SSSR count). The number of hydrogen-bond acceptors (Lipinski definition) is 0. The molecule has 0 bridgehead atoms. The van der Waals surface area contributed by atoms with Crippen LogP contribution in [0.4, 0.5) is 4.39 Å². The first-order valence-electron chi connectivity index (χ1n) is 5.07. The highest BCUT2D eigenvalue weighted by Crippen LogP contribution is 2.25. The first kappa shape index (κ1) is 9.91. The summed E-state index contributed by atoms with van der Waals surface area (Å²) in [4.78, 5) is 0. The molecule has 0 nitrogen and oxygen atoms in total. The van der Waals surface area contributed by atoms with Crippen LogP contribution < -0.4 is 0 Å². The van der Waals surface area contributed by atoms with Crippen LogP contribution in [0.1, 0.15) is 18.9 Å². The van der Waals surface area contributed by atoms with Gasteiger partial charge < -0.3 is 0 Å². The van der Waals surface area contributed by atoms with Crippen molar-refractivity contribution in [1.29, 1.82) is 0 Å². The van der Waals surface area contributed by atoms with Gasteiger partial charge in [-0.1, -0.05) is 36.4 Å². The molecule has 0 saturated heterocycles. The Morgan fingerprint density at radius 1 is 1.13 bits per heavy atom. The van der Waals surface area contributed by atoms with Crippen LogP contribution in [0.2, 0.25) is 0 Å². The van der Waals surface area contributed by atoms with Gasteiger partial charge in [0.1, 0.15) is 5.82 Å². The average Bonchev–Trinajstić information content (AvgIpc) is 2.44. The van der Waals surface area contributed by atoms with E-state index in [0.29, 0.717) is 0 Å². The van der Waals surface area contributed by atoms with Crippen LogP contribution in [0.5, 0.6) is 0 Å². The normalized spacial score (nSPS) is 15.6. The Kier molecular flexibility index (Phi) is 2.82. The second-order valence-electron chi connectivity index (χ2n) is 3.64. The molecule has 0 heterocycles. The van der Waals surface area contributed by atoms with Crippen molar-refractivity contribution in [1.82, 2.24) is 0 Å². The molecule has 1 aliphatic rings. The van der Waals surface area contributed by atoms with E-state index in [9.17, 15) is 4.39 Å². The molecule has 1 heteroatoms. The lowest BCUT2D eigenvalue weighted by Gasteiger charge is -2.06. The van der Waals surface area contributed by atoms with Gasteiger partial charge in [-0.2, -0.15) is 0 Å². The molecule has 0 amide bonds. The van der Waals surface area contributed by atoms with Gasteiger partial charge in [0.2, 0.25) is 0 Å². The second kappa shape index (κ2) is 4.26. The fourth-order valence-electron chi connectivity index (χ4n) is 1.68. The summed E-state index contributed by atoms with van der Waals surface area (Å²) in [6, 6.07) is 6.63. The summed E-state index contributed by atoms with van der Waals surface area (Å²) in [7, 11) is 0. The second-order valence-corrected chi connectivity index (χ2v) is 3.64. The fraction of sp³-hybridized carbons (Fsp3) is 0.143. The molecule has 0 saturated carbocycles. The van der Waals surface area contributed by atoms with Gasteiger partial charge in [0.15, 0.2) is 0 Å². The van der Waals surface area contributed by atoms with Crippen molar-refractivity contribution >= 4 is 5.57 Å². The van der Waals surface area contributed by atoms with Crippen LogP contribution in [0, 0.1) is 5.82 Å². The standard InChI is InChI=1S/C14H13F/c1-11-5-3-2-4-6-14(11)12-7-9-13(15)10-8-12/h2,4-10H,3H2,1H3. The Morgan fingerprint density at radius 2 is 1.87 bits per heavy atom. The number of halogens is 1. The Hall–Kier alpha value is -1.63. The maximum atomic E-state index is 12.8. The monoisotopic (exact) mass is 200 g/mol. The van der Waals surface area contributed by atoms with Gasteiger partial charge in [-0.3, -0.25) is 0 Å². The minimum atomic E-state index is -0.190. The Labute approximate surface area is 89.4 Å². The predicted octanol–water partition coefficient (Wildman–Crippen LogP) is 4.12. The van der Waals surface area contributed by atoms with E-state index in [1.54, 1.807) is 0 Å². The third-order valence-corrected chi connectivity index (χ3v) is 2.54. The van der Waals surface area contributed by atoms with Crippen LogP contribution in [-0.4, -0.2) is 0 Å². The third-order valence-electron chi connectivity index (χ3n) is 2.54. The van der Waals surface area contributed by atoms with Gasteiger partial charge in [-0.25, -0.2) is 4.39 Å². The molecule has 1 aromatic rings. The van der Waals surface area contributed by atoms with E-state index in [2.05, 4.69) is 25.2 Å². The highest BCUT2D eigenvalue weighted by molar-refractivity contribution is 5.79. The summed E-state index contributed by atoms with van der Waals surface area (Å²) in [6.45, 7) is 2.09. The molecule has 0 atom stereocenters. The maximum absolute atomic E-state index is 12.8. The smallest absolute Gasteiger partial charge is 0.123 e. The summed E-state index contributed by atoms with van der Waals surface area (Å²) in [6.07, 6.45) is 9.38. The number of allylic oxidation sites excluding steroid dienone is 6. The molecule has 76 valence electrons. The summed E-state index contributed by atoms with van der Waals surface area (Å²) in [5.41, 5.74) is 3.48. The van der Waals surface area contributed by atoms with Gasteiger partial charge in [0, 0.05) is 0 Å². The zero-order valence-electron chi connectivity index (χ0n) is 8.70. The minimum Gasteiger partial charge on any atom is -0.207 e. The molecule has 1 aromatic carbocycles. The van der Waals surface area contributed by atoms with Crippen molar-refractivity contribution in [2.24, 2.45) is 0 Å². The molecule has 0 unspecified atom stereocenters. The average molecular weight is 200 g/mol.